The summed E-state index contributed by atoms with van der Waals surface area (Å²) in [5.74, 6) is 2.56. The van der Waals surface area contributed by atoms with Crippen molar-refractivity contribution in [2.24, 2.45) is 5.41 Å². The standard InChI is InChI=1S/C12H22N2O/c1-3-7-13-8-9-14-11-12(4-5-12)6-10-15-2/h1,13-14H,4-11H2,2H3. The van der Waals surface area contributed by atoms with Gasteiger partial charge in [-0.25, -0.2) is 0 Å². The Morgan fingerprint density at radius 1 is 1.33 bits per heavy atom. The molecule has 0 bridgehead atoms. The molecule has 0 unspecified atom stereocenters. The molecule has 0 spiro atoms. The van der Waals surface area contributed by atoms with Gasteiger partial charge in [0.2, 0.25) is 0 Å². The van der Waals surface area contributed by atoms with Gasteiger partial charge in [0.25, 0.3) is 0 Å². The highest BCUT2D eigenvalue weighted by molar-refractivity contribution is 4.94. The van der Waals surface area contributed by atoms with Gasteiger partial charge in [0.05, 0.1) is 6.54 Å². The Morgan fingerprint density at radius 3 is 2.67 bits per heavy atom. The van der Waals surface area contributed by atoms with Crippen LogP contribution in [0.25, 0.3) is 0 Å². The summed E-state index contributed by atoms with van der Waals surface area (Å²) in [6.45, 7) is 4.61. The summed E-state index contributed by atoms with van der Waals surface area (Å²) in [4.78, 5) is 0. The normalized spacial score (nSPS) is 17.3. The summed E-state index contributed by atoms with van der Waals surface area (Å²) in [5.41, 5.74) is 0.544. The number of hydrogen-bond donors (Lipinski definition) is 2. The van der Waals surface area contributed by atoms with E-state index in [0.717, 1.165) is 26.2 Å². The largest absolute Gasteiger partial charge is 0.385 e. The molecule has 3 nitrogen and oxygen atoms in total. The summed E-state index contributed by atoms with van der Waals surface area (Å²) < 4.78 is 5.11. The van der Waals surface area contributed by atoms with Crippen molar-refractivity contribution in [3.63, 3.8) is 0 Å². The summed E-state index contributed by atoms with van der Waals surface area (Å²) >= 11 is 0. The van der Waals surface area contributed by atoms with Gasteiger partial charge in [0.15, 0.2) is 0 Å². The fourth-order valence-corrected chi connectivity index (χ4v) is 1.70. The average molecular weight is 210 g/mol. The van der Waals surface area contributed by atoms with Gasteiger partial charge in [-0.1, -0.05) is 5.92 Å². The number of rotatable bonds is 9. The van der Waals surface area contributed by atoms with Gasteiger partial charge in [-0.2, -0.15) is 0 Å². The van der Waals surface area contributed by atoms with Crippen LogP contribution in [-0.4, -0.2) is 39.9 Å². The van der Waals surface area contributed by atoms with Gasteiger partial charge in [-0.15, -0.1) is 6.42 Å². The first-order chi connectivity index (χ1) is 7.33. The Kier molecular flexibility index (Phi) is 5.70. The maximum absolute atomic E-state index is 5.13. The van der Waals surface area contributed by atoms with Gasteiger partial charge in [-0.3, -0.25) is 0 Å². The van der Waals surface area contributed by atoms with Crippen molar-refractivity contribution < 1.29 is 4.74 Å². The van der Waals surface area contributed by atoms with E-state index in [1.54, 1.807) is 7.11 Å². The van der Waals surface area contributed by atoms with Crippen molar-refractivity contribution in [2.45, 2.75) is 19.3 Å². The Hall–Kier alpha value is -0.560. The second-order valence-electron chi connectivity index (χ2n) is 4.30. The zero-order valence-electron chi connectivity index (χ0n) is 9.64. The highest BCUT2D eigenvalue weighted by Crippen LogP contribution is 2.47. The molecule has 0 atom stereocenters. The van der Waals surface area contributed by atoms with Gasteiger partial charge >= 0.3 is 0 Å². The average Bonchev–Trinajstić information content (AvgIpc) is 3.01. The SMILES string of the molecule is C#CCNCCNCC1(CCOC)CC1. The lowest BCUT2D eigenvalue weighted by Crippen LogP contribution is -2.32. The lowest BCUT2D eigenvalue weighted by molar-refractivity contribution is 0.171. The van der Waals surface area contributed by atoms with Gasteiger partial charge in [0, 0.05) is 33.4 Å². The first-order valence-corrected chi connectivity index (χ1v) is 5.67. The third-order valence-electron chi connectivity index (χ3n) is 3.00. The van der Waals surface area contributed by atoms with Crippen LogP contribution in [0.15, 0.2) is 0 Å². The Labute approximate surface area is 93.0 Å². The molecule has 2 N–H and O–H groups in total. The number of terminal acetylenes is 1. The topological polar surface area (TPSA) is 33.3 Å². The minimum atomic E-state index is 0.544. The molecule has 1 fully saturated rings. The number of hydrogen-bond acceptors (Lipinski definition) is 3. The second-order valence-corrected chi connectivity index (χ2v) is 4.30. The first-order valence-electron chi connectivity index (χ1n) is 5.67. The lowest BCUT2D eigenvalue weighted by Gasteiger charge is -2.15. The third kappa shape index (κ3) is 5.17. The molecule has 0 radical (unpaired) electrons. The zero-order chi connectivity index (χ0) is 11.0. The Morgan fingerprint density at radius 2 is 2.07 bits per heavy atom. The number of nitrogens with one attached hydrogen (secondary N) is 2. The van der Waals surface area contributed by atoms with E-state index in [1.807, 2.05) is 0 Å². The minimum absolute atomic E-state index is 0.544. The van der Waals surface area contributed by atoms with Crippen molar-refractivity contribution >= 4 is 0 Å². The van der Waals surface area contributed by atoms with Crippen LogP contribution in [0.4, 0.5) is 0 Å². The van der Waals surface area contributed by atoms with E-state index in [-0.39, 0.29) is 0 Å². The molecule has 0 aromatic rings. The molecule has 1 saturated carbocycles. The van der Waals surface area contributed by atoms with Crippen LogP contribution in [0.5, 0.6) is 0 Å². The summed E-state index contributed by atoms with van der Waals surface area (Å²) in [7, 11) is 1.77. The smallest absolute Gasteiger partial charge is 0.0574 e. The van der Waals surface area contributed by atoms with Crippen LogP contribution >= 0.6 is 0 Å². The van der Waals surface area contributed by atoms with Crippen molar-refractivity contribution in [2.75, 3.05) is 39.9 Å². The van der Waals surface area contributed by atoms with E-state index in [4.69, 9.17) is 11.2 Å². The van der Waals surface area contributed by atoms with Crippen molar-refractivity contribution in [3.05, 3.63) is 0 Å². The van der Waals surface area contributed by atoms with Crippen LogP contribution in [0.2, 0.25) is 0 Å². The van der Waals surface area contributed by atoms with Gasteiger partial charge in [-0.05, 0) is 24.7 Å². The monoisotopic (exact) mass is 210 g/mol. The first kappa shape index (κ1) is 12.5. The van der Waals surface area contributed by atoms with E-state index in [2.05, 4.69) is 16.6 Å². The predicted molar refractivity (Wildman–Crippen MR) is 62.7 cm³/mol. The van der Waals surface area contributed by atoms with E-state index in [9.17, 15) is 0 Å². The van der Waals surface area contributed by atoms with Crippen molar-refractivity contribution in [1.29, 1.82) is 0 Å². The maximum Gasteiger partial charge on any atom is 0.0574 e. The summed E-state index contributed by atoms with van der Waals surface area (Å²) in [6, 6.07) is 0. The molecule has 0 saturated heterocycles. The fourth-order valence-electron chi connectivity index (χ4n) is 1.70. The van der Waals surface area contributed by atoms with Crippen molar-refractivity contribution in [3.8, 4) is 12.3 Å². The van der Waals surface area contributed by atoms with Crippen molar-refractivity contribution in [1.82, 2.24) is 10.6 Å². The predicted octanol–water partition coefficient (Wildman–Crippen LogP) is 0.615. The highest BCUT2D eigenvalue weighted by atomic mass is 16.5. The molecule has 86 valence electrons. The van der Waals surface area contributed by atoms with Crippen LogP contribution in [0.1, 0.15) is 19.3 Å². The molecular formula is C12H22N2O. The number of ether oxygens (including phenoxy) is 1. The van der Waals surface area contributed by atoms with E-state index >= 15 is 0 Å². The van der Waals surface area contributed by atoms with Crippen LogP contribution in [-0.2, 0) is 4.74 Å². The molecule has 3 heteroatoms. The zero-order valence-corrected chi connectivity index (χ0v) is 9.64. The van der Waals surface area contributed by atoms with Gasteiger partial charge < -0.3 is 15.4 Å². The minimum Gasteiger partial charge on any atom is -0.385 e. The van der Waals surface area contributed by atoms with E-state index in [1.165, 1.54) is 19.3 Å². The number of methoxy groups -OCH3 is 1. The molecule has 15 heavy (non-hydrogen) atoms. The molecule has 1 rings (SSSR count). The maximum atomic E-state index is 5.13. The quantitative estimate of drug-likeness (QED) is 0.432. The molecular weight excluding hydrogens is 188 g/mol. The second kappa shape index (κ2) is 6.84. The van der Waals surface area contributed by atoms with Crippen LogP contribution in [0, 0.1) is 17.8 Å². The van der Waals surface area contributed by atoms with Gasteiger partial charge in [0.1, 0.15) is 0 Å². The third-order valence-corrected chi connectivity index (χ3v) is 3.00. The van der Waals surface area contributed by atoms with E-state index < -0.39 is 0 Å². The molecule has 0 aromatic carbocycles. The molecule has 0 heterocycles. The molecule has 0 amide bonds. The molecule has 1 aliphatic carbocycles. The van der Waals surface area contributed by atoms with Crippen LogP contribution < -0.4 is 10.6 Å². The molecule has 0 aromatic heterocycles. The van der Waals surface area contributed by atoms with Crippen LogP contribution in [0.3, 0.4) is 0 Å². The molecule has 1 aliphatic rings. The Bertz CT molecular complexity index is 206. The summed E-state index contributed by atoms with van der Waals surface area (Å²) in [5, 5.41) is 6.63. The van der Waals surface area contributed by atoms with E-state index in [0.29, 0.717) is 12.0 Å². The highest BCUT2D eigenvalue weighted by Gasteiger charge is 2.41. The summed E-state index contributed by atoms with van der Waals surface area (Å²) in [6.07, 6.45) is 9.02. The Balaban J connectivity index is 1.93. The fraction of sp³-hybridized carbons (Fsp3) is 0.833. The lowest BCUT2D eigenvalue weighted by atomic mass is 10.0. The molecule has 0 aliphatic heterocycles.